The van der Waals surface area contributed by atoms with E-state index in [1.807, 2.05) is 45.0 Å². The summed E-state index contributed by atoms with van der Waals surface area (Å²) in [6.07, 6.45) is 1.84. The standard InChI is InChI=1S/C34H38N2O4/c1-22(2)40-33(38)28-12-14-29-27(19-28)16-17-35-32(29)36(31(37)20-34(4,5)6)21-24-8-10-25(11-9-24)26-13-15-30(39-7)23(3)18-26/h8-19,22H,20-21H2,1-7H3. The van der Waals surface area contributed by atoms with Gasteiger partial charge in [-0.2, -0.15) is 0 Å². The Morgan fingerprint density at radius 1 is 0.925 bits per heavy atom. The number of anilines is 1. The number of fused-ring (bicyclic) bond motifs is 1. The van der Waals surface area contributed by atoms with Crippen LogP contribution in [0.25, 0.3) is 21.9 Å². The summed E-state index contributed by atoms with van der Waals surface area (Å²) in [4.78, 5) is 32.6. The quantitative estimate of drug-likeness (QED) is 0.215. The normalized spacial score (nSPS) is 11.5. The minimum absolute atomic E-state index is 0.00866. The molecule has 0 saturated heterocycles. The highest BCUT2D eigenvalue weighted by molar-refractivity contribution is 6.04. The Morgan fingerprint density at radius 3 is 2.25 bits per heavy atom. The molecule has 0 spiro atoms. The maximum atomic E-state index is 13.7. The third-order valence-corrected chi connectivity index (χ3v) is 6.58. The number of aromatic nitrogens is 1. The van der Waals surface area contributed by atoms with E-state index in [1.54, 1.807) is 30.3 Å². The first-order valence-electron chi connectivity index (χ1n) is 13.6. The average molecular weight is 539 g/mol. The van der Waals surface area contributed by atoms with Gasteiger partial charge in [0.2, 0.25) is 5.91 Å². The average Bonchev–Trinajstić information content (AvgIpc) is 2.90. The molecule has 208 valence electrons. The van der Waals surface area contributed by atoms with E-state index in [-0.39, 0.29) is 23.4 Å². The molecule has 6 heteroatoms. The minimum atomic E-state index is -0.372. The lowest BCUT2D eigenvalue weighted by Crippen LogP contribution is -2.34. The molecule has 4 rings (SSSR count). The maximum absolute atomic E-state index is 13.7. The maximum Gasteiger partial charge on any atom is 0.338 e. The Labute approximate surface area is 237 Å². The fraction of sp³-hybridized carbons (Fsp3) is 0.324. The third kappa shape index (κ3) is 6.87. The largest absolute Gasteiger partial charge is 0.496 e. The van der Waals surface area contributed by atoms with Crippen molar-refractivity contribution in [3.8, 4) is 16.9 Å². The smallest absolute Gasteiger partial charge is 0.338 e. The Morgan fingerprint density at radius 2 is 1.62 bits per heavy atom. The van der Waals surface area contributed by atoms with Crippen LogP contribution in [-0.4, -0.2) is 30.1 Å². The van der Waals surface area contributed by atoms with Crippen LogP contribution in [0.2, 0.25) is 0 Å². The molecule has 0 N–H and O–H groups in total. The van der Waals surface area contributed by atoms with E-state index in [1.165, 1.54) is 0 Å². The van der Waals surface area contributed by atoms with E-state index in [0.717, 1.165) is 38.8 Å². The molecule has 0 atom stereocenters. The molecule has 0 aliphatic rings. The molecule has 0 radical (unpaired) electrons. The van der Waals surface area contributed by atoms with Crippen molar-refractivity contribution < 1.29 is 19.1 Å². The number of nitrogens with zero attached hydrogens (tertiary/aromatic N) is 2. The van der Waals surface area contributed by atoms with E-state index in [4.69, 9.17) is 9.47 Å². The SMILES string of the molecule is COc1ccc(-c2ccc(CN(C(=O)CC(C)(C)C)c3nccc4cc(C(=O)OC(C)C)ccc34)cc2)cc1C. The van der Waals surface area contributed by atoms with Crippen LogP contribution in [0.15, 0.2) is 72.9 Å². The van der Waals surface area contributed by atoms with Crippen molar-refractivity contribution in [2.24, 2.45) is 5.41 Å². The number of amides is 1. The van der Waals surface area contributed by atoms with E-state index in [0.29, 0.717) is 24.3 Å². The molecule has 4 aromatic rings. The molecule has 1 amide bonds. The van der Waals surface area contributed by atoms with Gasteiger partial charge in [0.05, 0.1) is 25.3 Å². The first-order valence-corrected chi connectivity index (χ1v) is 13.6. The lowest BCUT2D eigenvalue weighted by atomic mass is 9.91. The highest BCUT2D eigenvalue weighted by atomic mass is 16.5. The Bertz CT molecular complexity index is 1520. The van der Waals surface area contributed by atoms with Crippen LogP contribution in [0.3, 0.4) is 0 Å². The molecule has 6 nitrogen and oxygen atoms in total. The summed E-state index contributed by atoms with van der Waals surface area (Å²) < 4.78 is 10.8. The van der Waals surface area contributed by atoms with Gasteiger partial charge in [-0.25, -0.2) is 9.78 Å². The zero-order valence-electron chi connectivity index (χ0n) is 24.4. The van der Waals surface area contributed by atoms with Gasteiger partial charge in [0, 0.05) is 18.0 Å². The van der Waals surface area contributed by atoms with Crippen LogP contribution in [0.1, 0.15) is 62.5 Å². The zero-order chi connectivity index (χ0) is 29.0. The Kier molecular flexibility index (Phi) is 8.58. The van der Waals surface area contributed by atoms with Crippen molar-refractivity contribution in [1.29, 1.82) is 0 Å². The summed E-state index contributed by atoms with van der Waals surface area (Å²) in [5, 5.41) is 1.62. The summed E-state index contributed by atoms with van der Waals surface area (Å²) in [5.41, 5.74) is 4.54. The van der Waals surface area contributed by atoms with Crippen LogP contribution in [0, 0.1) is 12.3 Å². The Balaban J connectivity index is 1.68. The highest BCUT2D eigenvalue weighted by Gasteiger charge is 2.25. The van der Waals surface area contributed by atoms with E-state index >= 15 is 0 Å². The number of carbonyl (C=O) groups excluding carboxylic acids is 2. The molecule has 0 aliphatic heterocycles. The van der Waals surface area contributed by atoms with Crippen molar-refractivity contribution in [2.45, 2.75) is 60.6 Å². The first-order chi connectivity index (χ1) is 18.9. The fourth-order valence-corrected chi connectivity index (χ4v) is 4.66. The molecule has 0 saturated carbocycles. The molecule has 1 heterocycles. The van der Waals surface area contributed by atoms with Gasteiger partial charge < -0.3 is 9.47 Å². The predicted octanol–water partition coefficient (Wildman–Crippen LogP) is 7.75. The van der Waals surface area contributed by atoms with Gasteiger partial charge in [-0.1, -0.05) is 51.1 Å². The number of methoxy groups -OCH3 is 1. The van der Waals surface area contributed by atoms with Gasteiger partial charge in [-0.05, 0) is 90.2 Å². The van der Waals surface area contributed by atoms with Crippen LogP contribution < -0.4 is 9.64 Å². The molecule has 40 heavy (non-hydrogen) atoms. The van der Waals surface area contributed by atoms with Crippen LogP contribution in [0.4, 0.5) is 5.82 Å². The topological polar surface area (TPSA) is 68.7 Å². The van der Waals surface area contributed by atoms with Crippen LogP contribution in [0.5, 0.6) is 5.75 Å². The molecular formula is C34H38N2O4. The monoisotopic (exact) mass is 538 g/mol. The van der Waals surface area contributed by atoms with Crippen molar-refractivity contribution >= 4 is 28.5 Å². The molecule has 1 aromatic heterocycles. The van der Waals surface area contributed by atoms with Crippen molar-refractivity contribution in [2.75, 3.05) is 12.0 Å². The van der Waals surface area contributed by atoms with Gasteiger partial charge in [0.25, 0.3) is 0 Å². The number of benzene rings is 3. The number of ether oxygens (including phenoxy) is 2. The number of hydrogen-bond acceptors (Lipinski definition) is 5. The molecular weight excluding hydrogens is 500 g/mol. The second-order valence-electron chi connectivity index (χ2n) is 11.6. The fourth-order valence-electron chi connectivity index (χ4n) is 4.66. The summed E-state index contributed by atoms with van der Waals surface area (Å²) in [5.74, 6) is 1.05. The third-order valence-electron chi connectivity index (χ3n) is 6.58. The lowest BCUT2D eigenvalue weighted by molar-refractivity contribution is -0.120. The number of rotatable bonds is 8. The number of pyridine rings is 1. The van der Waals surface area contributed by atoms with Gasteiger partial charge in [-0.15, -0.1) is 0 Å². The van der Waals surface area contributed by atoms with Crippen LogP contribution in [-0.2, 0) is 16.1 Å². The first kappa shape index (κ1) is 28.8. The van der Waals surface area contributed by atoms with E-state index in [9.17, 15) is 9.59 Å². The molecule has 0 bridgehead atoms. The van der Waals surface area contributed by atoms with E-state index in [2.05, 4.69) is 56.1 Å². The summed E-state index contributed by atoms with van der Waals surface area (Å²) in [6.45, 7) is 12.2. The summed E-state index contributed by atoms with van der Waals surface area (Å²) >= 11 is 0. The van der Waals surface area contributed by atoms with Gasteiger partial charge >= 0.3 is 5.97 Å². The van der Waals surface area contributed by atoms with Gasteiger partial charge in [-0.3, -0.25) is 9.69 Å². The zero-order valence-corrected chi connectivity index (χ0v) is 24.4. The van der Waals surface area contributed by atoms with Crippen molar-refractivity contribution in [3.63, 3.8) is 0 Å². The Hall–Kier alpha value is -4.19. The summed E-state index contributed by atoms with van der Waals surface area (Å²) in [7, 11) is 1.67. The number of hydrogen-bond donors (Lipinski definition) is 0. The number of aryl methyl sites for hydroxylation is 1. The van der Waals surface area contributed by atoms with Crippen molar-refractivity contribution in [3.05, 3.63) is 89.6 Å². The lowest BCUT2D eigenvalue weighted by Gasteiger charge is -2.27. The van der Waals surface area contributed by atoms with Gasteiger partial charge in [0.1, 0.15) is 11.6 Å². The molecule has 0 aliphatic carbocycles. The highest BCUT2D eigenvalue weighted by Crippen LogP contribution is 2.31. The van der Waals surface area contributed by atoms with E-state index < -0.39 is 0 Å². The summed E-state index contributed by atoms with van der Waals surface area (Å²) in [6, 6.07) is 21.6. The van der Waals surface area contributed by atoms with Gasteiger partial charge in [0.15, 0.2) is 0 Å². The van der Waals surface area contributed by atoms with Crippen molar-refractivity contribution in [1.82, 2.24) is 4.98 Å². The minimum Gasteiger partial charge on any atom is -0.496 e. The molecule has 0 unspecified atom stereocenters. The second kappa shape index (κ2) is 11.9. The predicted molar refractivity (Wildman–Crippen MR) is 161 cm³/mol. The molecule has 0 fully saturated rings. The van der Waals surface area contributed by atoms with Crippen LogP contribution >= 0.6 is 0 Å². The number of carbonyl (C=O) groups is 2. The molecule has 3 aromatic carbocycles. The second-order valence-corrected chi connectivity index (χ2v) is 11.6. The number of esters is 1.